The minimum atomic E-state index is -3.45. The summed E-state index contributed by atoms with van der Waals surface area (Å²) >= 11 is 1.14. The van der Waals surface area contributed by atoms with Crippen molar-refractivity contribution in [2.75, 3.05) is 13.1 Å². The van der Waals surface area contributed by atoms with E-state index in [1.165, 1.54) is 16.6 Å². The molecule has 3 heterocycles. The van der Waals surface area contributed by atoms with Crippen LogP contribution in [0.15, 0.2) is 39.5 Å². The lowest BCUT2D eigenvalue weighted by Crippen LogP contribution is -2.35. The average molecular weight is 381 g/mol. The Morgan fingerprint density at radius 2 is 1.96 bits per heavy atom. The number of piperidine rings is 1. The number of thiophene rings is 1. The number of nitrogens with zero attached hydrogens (tertiary/aromatic N) is 1. The highest BCUT2D eigenvalue weighted by atomic mass is 32.2. The van der Waals surface area contributed by atoms with Gasteiger partial charge in [-0.2, -0.15) is 4.31 Å². The number of sulfonamides is 1. The van der Waals surface area contributed by atoms with Gasteiger partial charge in [0.2, 0.25) is 0 Å². The van der Waals surface area contributed by atoms with Gasteiger partial charge in [-0.05, 0) is 37.1 Å². The Bertz CT molecular complexity index is 911. The van der Waals surface area contributed by atoms with Crippen LogP contribution in [0, 0.1) is 0 Å². The summed E-state index contributed by atoms with van der Waals surface area (Å²) in [5, 5.41) is 2.64. The van der Waals surface area contributed by atoms with Crippen LogP contribution in [0.25, 0.3) is 0 Å². The van der Waals surface area contributed by atoms with Crippen LogP contribution >= 0.6 is 11.3 Å². The maximum atomic E-state index is 12.6. The van der Waals surface area contributed by atoms with E-state index in [1.807, 2.05) is 0 Å². The van der Waals surface area contributed by atoms with E-state index in [-0.39, 0.29) is 16.3 Å². The minimum absolute atomic E-state index is 0.0280. The van der Waals surface area contributed by atoms with Crippen molar-refractivity contribution >= 4 is 27.3 Å². The van der Waals surface area contributed by atoms with Crippen molar-refractivity contribution in [3.8, 4) is 0 Å². The number of rotatable bonds is 5. The van der Waals surface area contributed by atoms with Crippen LogP contribution in [-0.4, -0.2) is 36.7 Å². The number of aromatic nitrogens is 1. The summed E-state index contributed by atoms with van der Waals surface area (Å²) in [7, 11) is -3.45. The summed E-state index contributed by atoms with van der Waals surface area (Å²) in [5.74, 6) is -0.490. The molecule has 0 saturated carbocycles. The lowest BCUT2D eigenvalue weighted by Gasteiger charge is -2.25. The van der Waals surface area contributed by atoms with Crippen LogP contribution in [0.2, 0.25) is 0 Å². The third-order valence-corrected chi connectivity index (χ3v) is 7.48. The second kappa shape index (κ2) is 7.51. The summed E-state index contributed by atoms with van der Waals surface area (Å²) in [6, 6.07) is 6.28. The van der Waals surface area contributed by atoms with Gasteiger partial charge < -0.3 is 10.3 Å². The van der Waals surface area contributed by atoms with E-state index in [1.54, 1.807) is 18.2 Å². The SMILES string of the molecule is O=C(NCc1ccc(S(=O)(=O)N2CCCCC2)s1)c1ccc[nH]c1=O. The van der Waals surface area contributed by atoms with Crippen molar-refractivity contribution in [1.29, 1.82) is 0 Å². The fourth-order valence-electron chi connectivity index (χ4n) is 2.69. The van der Waals surface area contributed by atoms with E-state index >= 15 is 0 Å². The third kappa shape index (κ3) is 4.00. The molecular formula is C16H19N3O4S2. The van der Waals surface area contributed by atoms with Crippen LogP contribution in [-0.2, 0) is 16.6 Å². The molecule has 1 aliphatic rings. The zero-order chi connectivity index (χ0) is 17.9. The van der Waals surface area contributed by atoms with Gasteiger partial charge in [0.25, 0.3) is 21.5 Å². The van der Waals surface area contributed by atoms with Gasteiger partial charge in [-0.3, -0.25) is 9.59 Å². The molecule has 0 aliphatic carbocycles. The highest BCUT2D eigenvalue weighted by Crippen LogP contribution is 2.27. The molecule has 9 heteroatoms. The molecular weight excluding hydrogens is 362 g/mol. The number of hydrogen-bond acceptors (Lipinski definition) is 5. The van der Waals surface area contributed by atoms with Gasteiger partial charge in [-0.25, -0.2) is 8.42 Å². The molecule has 0 bridgehead atoms. The number of pyridine rings is 1. The molecule has 0 radical (unpaired) electrons. The fraction of sp³-hybridized carbons (Fsp3) is 0.375. The number of aromatic amines is 1. The predicted octanol–water partition coefficient (Wildman–Crippen LogP) is 1.54. The Balaban J connectivity index is 1.67. The summed E-state index contributed by atoms with van der Waals surface area (Å²) in [5.41, 5.74) is -0.431. The Labute approximate surface area is 149 Å². The molecule has 2 aromatic heterocycles. The smallest absolute Gasteiger partial charge is 0.260 e. The maximum Gasteiger partial charge on any atom is 0.260 e. The molecule has 1 saturated heterocycles. The molecule has 0 spiro atoms. The lowest BCUT2D eigenvalue weighted by atomic mass is 10.2. The van der Waals surface area contributed by atoms with Crippen molar-refractivity contribution < 1.29 is 13.2 Å². The molecule has 7 nitrogen and oxygen atoms in total. The number of hydrogen-bond donors (Lipinski definition) is 2. The molecule has 0 unspecified atom stereocenters. The minimum Gasteiger partial charge on any atom is -0.347 e. The number of carbonyl (C=O) groups excluding carboxylic acids is 1. The number of H-pyrrole nitrogens is 1. The Morgan fingerprint density at radius 1 is 1.20 bits per heavy atom. The van der Waals surface area contributed by atoms with Crippen molar-refractivity contribution in [2.45, 2.75) is 30.0 Å². The molecule has 1 amide bonds. The second-order valence-electron chi connectivity index (χ2n) is 5.78. The van der Waals surface area contributed by atoms with Gasteiger partial charge in [-0.15, -0.1) is 11.3 Å². The molecule has 134 valence electrons. The number of nitrogens with one attached hydrogen (secondary N) is 2. The van der Waals surface area contributed by atoms with E-state index in [2.05, 4.69) is 10.3 Å². The largest absolute Gasteiger partial charge is 0.347 e. The van der Waals surface area contributed by atoms with Crippen LogP contribution < -0.4 is 10.9 Å². The molecule has 1 aliphatic heterocycles. The van der Waals surface area contributed by atoms with Crippen molar-refractivity contribution in [3.63, 3.8) is 0 Å². The molecule has 1 fully saturated rings. The lowest BCUT2D eigenvalue weighted by molar-refractivity contribution is 0.0949. The zero-order valence-electron chi connectivity index (χ0n) is 13.5. The van der Waals surface area contributed by atoms with E-state index in [4.69, 9.17) is 0 Å². The van der Waals surface area contributed by atoms with Crippen LogP contribution in [0.1, 0.15) is 34.5 Å². The van der Waals surface area contributed by atoms with Crippen molar-refractivity contribution in [3.05, 3.63) is 51.3 Å². The normalized spacial score (nSPS) is 15.8. The van der Waals surface area contributed by atoms with E-state index in [0.717, 1.165) is 35.5 Å². The van der Waals surface area contributed by atoms with Gasteiger partial charge in [0.15, 0.2) is 0 Å². The van der Waals surface area contributed by atoms with Gasteiger partial charge in [0.1, 0.15) is 9.77 Å². The van der Waals surface area contributed by atoms with Crippen LogP contribution in [0.5, 0.6) is 0 Å². The fourth-order valence-corrected chi connectivity index (χ4v) is 5.65. The summed E-state index contributed by atoms with van der Waals surface area (Å²) < 4.78 is 27.0. The molecule has 25 heavy (non-hydrogen) atoms. The Hall–Kier alpha value is -1.97. The monoisotopic (exact) mass is 381 g/mol. The third-order valence-electron chi connectivity index (χ3n) is 4.03. The predicted molar refractivity (Wildman–Crippen MR) is 95.2 cm³/mol. The summed E-state index contributed by atoms with van der Waals surface area (Å²) in [6.07, 6.45) is 4.29. The van der Waals surface area contributed by atoms with Gasteiger partial charge >= 0.3 is 0 Å². The van der Waals surface area contributed by atoms with Gasteiger partial charge in [-0.1, -0.05) is 6.42 Å². The second-order valence-corrected chi connectivity index (χ2v) is 9.11. The molecule has 2 N–H and O–H groups in total. The first-order chi connectivity index (χ1) is 12.0. The van der Waals surface area contributed by atoms with E-state index in [9.17, 15) is 18.0 Å². The maximum absolute atomic E-state index is 12.6. The van der Waals surface area contributed by atoms with Crippen LogP contribution in [0.4, 0.5) is 0 Å². The zero-order valence-corrected chi connectivity index (χ0v) is 15.2. The highest BCUT2D eigenvalue weighted by molar-refractivity contribution is 7.91. The highest BCUT2D eigenvalue weighted by Gasteiger charge is 2.27. The first-order valence-corrected chi connectivity index (χ1v) is 10.3. The van der Waals surface area contributed by atoms with Crippen molar-refractivity contribution in [1.82, 2.24) is 14.6 Å². The van der Waals surface area contributed by atoms with Crippen molar-refractivity contribution in [2.24, 2.45) is 0 Å². The summed E-state index contributed by atoms with van der Waals surface area (Å²) in [4.78, 5) is 26.8. The molecule has 0 aromatic carbocycles. The van der Waals surface area contributed by atoms with E-state index in [0.29, 0.717) is 13.1 Å². The number of amides is 1. The van der Waals surface area contributed by atoms with E-state index < -0.39 is 21.5 Å². The topological polar surface area (TPSA) is 99.3 Å². The van der Waals surface area contributed by atoms with Gasteiger partial charge in [0, 0.05) is 24.2 Å². The molecule has 2 aromatic rings. The molecule has 0 atom stereocenters. The first-order valence-electron chi connectivity index (χ1n) is 8.03. The van der Waals surface area contributed by atoms with Gasteiger partial charge in [0.05, 0.1) is 6.54 Å². The first kappa shape index (κ1) is 17.8. The molecule has 3 rings (SSSR count). The number of carbonyl (C=O) groups is 1. The Morgan fingerprint density at radius 3 is 2.68 bits per heavy atom. The quantitative estimate of drug-likeness (QED) is 0.821. The Kier molecular flexibility index (Phi) is 5.36. The van der Waals surface area contributed by atoms with Crippen LogP contribution in [0.3, 0.4) is 0 Å². The summed E-state index contributed by atoms with van der Waals surface area (Å²) in [6.45, 7) is 1.29. The average Bonchev–Trinajstić information content (AvgIpc) is 3.11. The standard InChI is InChI=1S/C16H19N3O4S2/c20-15-13(5-4-8-17-15)16(21)18-11-12-6-7-14(24-12)25(22,23)19-9-2-1-3-10-19/h4-8H,1-3,9-11H2,(H,17,20)(H,18,21).